The Kier molecular flexibility index (Phi) is 7.84. The first-order valence-electron chi connectivity index (χ1n) is 7.50. The molecule has 1 unspecified atom stereocenters. The Balaban J connectivity index is 2.57. The molecule has 1 aliphatic heterocycles. The van der Waals surface area contributed by atoms with Crippen LogP contribution in [-0.4, -0.2) is 72.7 Å². The van der Waals surface area contributed by atoms with Crippen LogP contribution < -0.4 is 0 Å². The summed E-state index contributed by atoms with van der Waals surface area (Å²) in [5.74, 6) is -0.900. The minimum atomic E-state index is -0.872. The monoisotopic (exact) mass is 310 g/mol. The molecule has 1 fully saturated rings. The first-order chi connectivity index (χ1) is 10.5. The number of hydrogen-bond acceptors (Lipinski definition) is 4. The number of morpholine rings is 1. The first-order valence-corrected chi connectivity index (χ1v) is 7.50. The highest BCUT2D eigenvalue weighted by Gasteiger charge is 2.28. The van der Waals surface area contributed by atoms with Gasteiger partial charge in [0, 0.05) is 25.6 Å². The molecule has 1 rings (SSSR count). The van der Waals surface area contributed by atoms with Crippen LogP contribution in [0.2, 0.25) is 0 Å². The van der Waals surface area contributed by atoms with Crippen molar-refractivity contribution in [1.82, 2.24) is 9.80 Å². The van der Waals surface area contributed by atoms with E-state index in [-0.39, 0.29) is 24.5 Å². The fourth-order valence-corrected chi connectivity index (χ4v) is 2.63. The number of carbonyl (C=O) groups excluding carboxylic acids is 1. The summed E-state index contributed by atoms with van der Waals surface area (Å²) in [6.45, 7) is 9.40. The van der Waals surface area contributed by atoms with Crippen molar-refractivity contribution in [1.29, 1.82) is 0 Å². The second-order valence-electron chi connectivity index (χ2n) is 5.61. The van der Waals surface area contributed by atoms with Gasteiger partial charge in [0.1, 0.15) is 0 Å². The summed E-state index contributed by atoms with van der Waals surface area (Å²) in [5.41, 5.74) is 0. The molecular formula is C16H26N2O4. The van der Waals surface area contributed by atoms with Crippen LogP contribution in [0.4, 0.5) is 0 Å². The quantitative estimate of drug-likeness (QED) is 0.643. The molecular weight excluding hydrogens is 284 g/mol. The summed E-state index contributed by atoms with van der Waals surface area (Å²) in [6, 6.07) is 0. The van der Waals surface area contributed by atoms with E-state index in [2.05, 4.69) is 13.2 Å². The van der Waals surface area contributed by atoms with E-state index in [0.717, 1.165) is 0 Å². The summed E-state index contributed by atoms with van der Waals surface area (Å²) in [5, 5.41) is 8.78. The van der Waals surface area contributed by atoms with Gasteiger partial charge < -0.3 is 14.7 Å². The van der Waals surface area contributed by atoms with E-state index in [4.69, 9.17) is 9.84 Å². The van der Waals surface area contributed by atoms with Crippen LogP contribution in [0.1, 0.15) is 12.8 Å². The van der Waals surface area contributed by atoms with E-state index in [1.165, 1.54) is 0 Å². The highest BCUT2D eigenvalue weighted by atomic mass is 16.5. The number of aliphatic carboxylic acids is 1. The predicted octanol–water partition coefficient (Wildman–Crippen LogP) is 0.999. The zero-order valence-corrected chi connectivity index (χ0v) is 13.2. The lowest BCUT2D eigenvalue weighted by Gasteiger charge is -2.36. The molecule has 0 aromatic carbocycles. The molecule has 1 amide bonds. The number of amides is 1. The van der Waals surface area contributed by atoms with Crippen molar-refractivity contribution in [3.8, 4) is 0 Å². The number of allylic oxidation sites excluding steroid dienone is 2. The number of hydrogen-bond donors (Lipinski definition) is 1. The normalized spacial score (nSPS) is 18.5. The third-order valence-corrected chi connectivity index (χ3v) is 3.62. The summed E-state index contributed by atoms with van der Waals surface area (Å²) >= 11 is 0. The second kappa shape index (κ2) is 9.38. The van der Waals surface area contributed by atoms with Crippen LogP contribution >= 0.6 is 0 Å². The summed E-state index contributed by atoms with van der Waals surface area (Å²) in [4.78, 5) is 26.7. The van der Waals surface area contributed by atoms with Gasteiger partial charge in [-0.15, -0.1) is 13.2 Å². The van der Waals surface area contributed by atoms with Gasteiger partial charge in [-0.1, -0.05) is 12.2 Å². The van der Waals surface area contributed by atoms with Gasteiger partial charge in [0.2, 0.25) is 5.91 Å². The molecule has 1 aliphatic rings. The molecule has 0 aromatic heterocycles. The lowest BCUT2D eigenvalue weighted by atomic mass is 9.99. The van der Waals surface area contributed by atoms with Crippen molar-refractivity contribution in [3.63, 3.8) is 0 Å². The molecule has 0 radical (unpaired) electrons. The number of ether oxygens (including phenoxy) is 1. The highest BCUT2D eigenvalue weighted by molar-refractivity contribution is 5.79. The smallest absolute Gasteiger partial charge is 0.317 e. The van der Waals surface area contributed by atoms with Gasteiger partial charge >= 0.3 is 5.97 Å². The molecule has 0 saturated carbocycles. The minimum Gasteiger partial charge on any atom is -0.480 e. The summed E-state index contributed by atoms with van der Waals surface area (Å²) in [6.07, 6.45) is 4.61. The molecule has 124 valence electrons. The third-order valence-electron chi connectivity index (χ3n) is 3.62. The number of rotatable bonds is 9. The van der Waals surface area contributed by atoms with Gasteiger partial charge in [-0.2, -0.15) is 0 Å². The lowest BCUT2D eigenvalue weighted by molar-refractivity contribution is -0.145. The molecule has 0 aliphatic carbocycles. The van der Waals surface area contributed by atoms with Crippen molar-refractivity contribution in [2.24, 2.45) is 5.92 Å². The van der Waals surface area contributed by atoms with E-state index < -0.39 is 5.97 Å². The lowest BCUT2D eigenvalue weighted by Crippen LogP contribution is -2.51. The van der Waals surface area contributed by atoms with Crippen molar-refractivity contribution in [3.05, 3.63) is 25.3 Å². The standard InChI is InChI=1S/C16H26N2O4/c1-4-6-13(7-5-2)16(21)18-8-9-22-14(11-18)10-17(3)12-15(19)20/h4-5,13-14H,1-2,6-12H2,3H3,(H,19,20). The maximum Gasteiger partial charge on any atom is 0.317 e. The number of carboxylic acids is 1. The zero-order valence-electron chi connectivity index (χ0n) is 13.2. The van der Waals surface area contributed by atoms with Crippen LogP contribution in [0, 0.1) is 5.92 Å². The van der Waals surface area contributed by atoms with E-state index in [0.29, 0.717) is 39.1 Å². The van der Waals surface area contributed by atoms with Crippen LogP contribution in [-0.2, 0) is 14.3 Å². The Morgan fingerprint density at radius 1 is 1.41 bits per heavy atom. The van der Waals surface area contributed by atoms with Crippen LogP contribution in [0.25, 0.3) is 0 Å². The molecule has 1 atom stereocenters. The Morgan fingerprint density at radius 2 is 2.05 bits per heavy atom. The molecule has 1 saturated heterocycles. The van der Waals surface area contributed by atoms with Gasteiger partial charge in [-0.05, 0) is 19.9 Å². The van der Waals surface area contributed by atoms with E-state index in [1.807, 2.05) is 0 Å². The zero-order chi connectivity index (χ0) is 16.5. The topological polar surface area (TPSA) is 70.1 Å². The van der Waals surface area contributed by atoms with Gasteiger partial charge in [0.25, 0.3) is 0 Å². The minimum absolute atomic E-state index is 0.0383. The predicted molar refractivity (Wildman–Crippen MR) is 84.6 cm³/mol. The van der Waals surface area contributed by atoms with Gasteiger partial charge in [0.15, 0.2) is 0 Å². The van der Waals surface area contributed by atoms with Crippen molar-refractivity contribution < 1.29 is 19.4 Å². The van der Waals surface area contributed by atoms with Gasteiger partial charge in [0.05, 0.1) is 19.3 Å². The largest absolute Gasteiger partial charge is 0.480 e. The Morgan fingerprint density at radius 3 is 2.59 bits per heavy atom. The van der Waals surface area contributed by atoms with Gasteiger partial charge in [-0.25, -0.2) is 0 Å². The van der Waals surface area contributed by atoms with E-state index in [1.54, 1.807) is 29.0 Å². The Hall–Kier alpha value is -1.66. The number of nitrogens with zero attached hydrogens (tertiary/aromatic N) is 2. The Bertz CT molecular complexity index is 401. The SMILES string of the molecule is C=CCC(CC=C)C(=O)N1CCOC(CN(C)CC(=O)O)C1. The number of carbonyl (C=O) groups is 2. The van der Waals surface area contributed by atoms with E-state index in [9.17, 15) is 9.59 Å². The molecule has 0 bridgehead atoms. The third kappa shape index (κ3) is 5.99. The molecule has 6 heteroatoms. The molecule has 1 heterocycles. The van der Waals surface area contributed by atoms with Crippen molar-refractivity contribution in [2.75, 3.05) is 39.8 Å². The van der Waals surface area contributed by atoms with Gasteiger partial charge in [-0.3, -0.25) is 14.5 Å². The number of carboxylic acid groups (broad SMARTS) is 1. The molecule has 0 spiro atoms. The summed E-state index contributed by atoms with van der Waals surface area (Å²) in [7, 11) is 1.73. The van der Waals surface area contributed by atoms with Crippen molar-refractivity contribution in [2.45, 2.75) is 18.9 Å². The van der Waals surface area contributed by atoms with E-state index >= 15 is 0 Å². The molecule has 22 heavy (non-hydrogen) atoms. The first kappa shape index (κ1) is 18.4. The average molecular weight is 310 g/mol. The molecule has 6 nitrogen and oxygen atoms in total. The maximum atomic E-state index is 12.6. The van der Waals surface area contributed by atoms with Crippen LogP contribution in [0.15, 0.2) is 25.3 Å². The molecule has 1 N–H and O–H groups in total. The fraction of sp³-hybridized carbons (Fsp3) is 0.625. The maximum absolute atomic E-state index is 12.6. The van der Waals surface area contributed by atoms with Crippen LogP contribution in [0.5, 0.6) is 0 Å². The summed E-state index contributed by atoms with van der Waals surface area (Å²) < 4.78 is 5.64. The van der Waals surface area contributed by atoms with Crippen LogP contribution in [0.3, 0.4) is 0 Å². The highest BCUT2D eigenvalue weighted by Crippen LogP contribution is 2.17. The fourth-order valence-electron chi connectivity index (χ4n) is 2.63. The Labute approximate surface area is 132 Å². The second-order valence-corrected chi connectivity index (χ2v) is 5.61. The molecule has 0 aromatic rings. The van der Waals surface area contributed by atoms with Crippen molar-refractivity contribution >= 4 is 11.9 Å². The average Bonchev–Trinajstić information content (AvgIpc) is 2.45. The number of likely N-dealkylation sites (N-methyl/N-ethyl adjacent to an activating group) is 1.